The Morgan fingerprint density at radius 2 is 1.89 bits per heavy atom. The number of nitrogens with one attached hydrogen (secondary N) is 1. The fraction of sp³-hybridized carbons (Fsp3) is 0.333. The number of aryl methyl sites for hydroxylation is 1. The minimum atomic E-state index is -0.600. The number of benzene rings is 1. The summed E-state index contributed by atoms with van der Waals surface area (Å²) in [5.41, 5.74) is 3.96. The van der Waals surface area contributed by atoms with Crippen molar-refractivity contribution in [3.05, 3.63) is 76.9 Å². The van der Waals surface area contributed by atoms with Crippen LogP contribution in [0.3, 0.4) is 0 Å². The molecule has 3 aromatic heterocycles. The van der Waals surface area contributed by atoms with Crippen LogP contribution in [0.15, 0.2) is 60.0 Å². The van der Waals surface area contributed by atoms with Crippen LogP contribution in [0.1, 0.15) is 23.8 Å². The van der Waals surface area contributed by atoms with E-state index in [2.05, 4.69) is 45.9 Å². The van der Waals surface area contributed by atoms with E-state index in [0.29, 0.717) is 34.9 Å². The minimum absolute atomic E-state index is 0.221. The second-order valence-electron chi connectivity index (χ2n) is 9.65. The first-order valence-electron chi connectivity index (χ1n) is 12.6. The Morgan fingerprint density at radius 3 is 2.65 bits per heavy atom. The lowest BCUT2D eigenvalue weighted by molar-refractivity contribution is 0.175. The molecular weight excluding hydrogens is 468 g/mol. The van der Waals surface area contributed by atoms with Gasteiger partial charge in [-0.3, -0.25) is 4.79 Å². The molecule has 1 aromatic carbocycles. The van der Waals surface area contributed by atoms with Crippen molar-refractivity contribution < 1.29 is 5.11 Å². The minimum Gasteiger partial charge on any atom is -0.387 e. The molecule has 0 saturated carbocycles. The van der Waals surface area contributed by atoms with Gasteiger partial charge in [0.1, 0.15) is 5.39 Å². The summed E-state index contributed by atoms with van der Waals surface area (Å²) in [4.78, 5) is 31.8. The molecule has 1 fully saturated rings. The Bertz CT molecular complexity index is 1520. The molecular formula is C27H30N8O2. The average molecular weight is 499 g/mol. The van der Waals surface area contributed by atoms with E-state index >= 15 is 0 Å². The van der Waals surface area contributed by atoms with E-state index in [9.17, 15) is 9.90 Å². The number of allylic oxidation sites excluding steroid dienone is 1. The molecule has 2 N–H and O–H groups in total. The van der Waals surface area contributed by atoms with E-state index in [-0.39, 0.29) is 12.1 Å². The second kappa shape index (κ2) is 9.45. The van der Waals surface area contributed by atoms with Crippen molar-refractivity contribution in [2.24, 2.45) is 0 Å². The van der Waals surface area contributed by atoms with Gasteiger partial charge in [-0.05, 0) is 55.8 Å². The molecule has 1 saturated heterocycles. The predicted molar refractivity (Wildman–Crippen MR) is 144 cm³/mol. The van der Waals surface area contributed by atoms with Crippen LogP contribution < -0.4 is 15.8 Å². The van der Waals surface area contributed by atoms with E-state index in [0.717, 1.165) is 43.9 Å². The van der Waals surface area contributed by atoms with Gasteiger partial charge in [0.15, 0.2) is 11.5 Å². The Morgan fingerprint density at radius 1 is 1.11 bits per heavy atom. The molecule has 190 valence electrons. The third-order valence-electron chi connectivity index (χ3n) is 7.19. The van der Waals surface area contributed by atoms with E-state index in [4.69, 9.17) is 9.97 Å². The summed E-state index contributed by atoms with van der Waals surface area (Å²) in [6, 6.07) is 12.1. The van der Waals surface area contributed by atoms with Crippen molar-refractivity contribution in [2.75, 3.05) is 43.4 Å². The molecule has 1 aliphatic heterocycles. The van der Waals surface area contributed by atoms with Gasteiger partial charge in [0.25, 0.3) is 5.56 Å². The number of nitrogens with zero attached hydrogens (tertiary/aromatic N) is 7. The lowest BCUT2D eigenvalue weighted by Crippen LogP contribution is -2.44. The number of anilines is 3. The maximum Gasteiger partial charge on any atom is 0.278 e. The number of aromatic nitrogens is 5. The highest BCUT2D eigenvalue weighted by atomic mass is 16.3. The topological polar surface area (TPSA) is 104 Å². The summed E-state index contributed by atoms with van der Waals surface area (Å²) in [7, 11) is 2.15. The molecule has 0 unspecified atom stereocenters. The van der Waals surface area contributed by atoms with Crippen molar-refractivity contribution in [1.82, 2.24) is 29.2 Å². The third kappa shape index (κ3) is 4.28. The standard InChI is InChI=1S/C27H30N8O2/c1-3-12-34-26(37)21-17-28-27(29-19-6-8-20(9-7-19)33-15-13-32(2)14-16-33)31-25(21)35(34)23-11-5-18-4-10-22(36)24(18)30-23/h3,5-9,11,17,22,36H,1,4,10,12-16H2,2H3,(H,28,29,31)/t22-/m0/s1. The van der Waals surface area contributed by atoms with Gasteiger partial charge in [-0.1, -0.05) is 12.1 Å². The SMILES string of the molecule is C=CCn1c(=O)c2cnc(Nc3ccc(N4CCN(C)CC4)cc3)nc2n1-c1ccc2c(n1)[C@@H](O)CC2. The molecule has 6 rings (SSSR count). The summed E-state index contributed by atoms with van der Waals surface area (Å²) < 4.78 is 3.23. The molecule has 0 amide bonds. The van der Waals surface area contributed by atoms with Gasteiger partial charge in [0, 0.05) is 43.8 Å². The van der Waals surface area contributed by atoms with Crippen molar-refractivity contribution in [3.8, 4) is 5.82 Å². The van der Waals surface area contributed by atoms with E-state index in [1.165, 1.54) is 10.4 Å². The Balaban J connectivity index is 1.34. The van der Waals surface area contributed by atoms with Gasteiger partial charge in [-0.25, -0.2) is 19.3 Å². The highest BCUT2D eigenvalue weighted by Crippen LogP contribution is 2.30. The van der Waals surface area contributed by atoms with Crippen molar-refractivity contribution in [2.45, 2.75) is 25.5 Å². The smallest absolute Gasteiger partial charge is 0.278 e. The molecule has 0 radical (unpaired) electrons. The molecule has 4 heterocycles. The van der Waals surface area contributed by atoms with Crippen molar-refractivity contribution >= 4 is 28.4 Å². The lowest BCUT2D eigenvalue weighted by Gasteiger charge is -2.34. The van der Waals surface area contributed by atoms with Crippen LogP contribution in [0.4, 0.5) is 17.3 Å². The molecule has 10 heteroatoms. The van der Waals surface area contributed by atoms with Gasteiger partial charge < -0.3 is 20.2 Å². The van der Waals surface area contributed by atoms with Gasteiger partial charge in [0.2, 0.25) is 5.95 Å². The molecule has 10 nitrogen and oxygen atoms in total. The lowest BCUT2D eigenvalue weighted by atomic mass is 10.2. The third-order valence-corrected chi connectivity index (χ3v) is 7.19. The summed E-state index contributed by atoms with van der Waals surface area (Å²) >= 11 is 0. The summed E-state index contributed by atoms with van der Waals surface area (Å²) in [6.45, 7) is 8.22. The number of fused-ring (bicyclic) bond motifs is 2. The second-order valence-corrected chi connectivity index (χ2v) is 9.65. The predicted octanol–water partition coefficient (Wildman–Crippen LogP) is 2.64. The van der Waals surface area contributed by atoms with Gasteiger partial charge in [-0.15, -0.1) is 6.58 Å². The van der Waals surface area contributed by atoms with E-state index < -0.39 is 6.10 Å². The number of piperazine rings is 1. The summed E-state index contributed by atoms with van der Waals surface area (Å²) in [5.74, 6) is 0.903. The number of aliphatic hydroxyl groups excluding tert-OH is 1. The zero-order valence-electron chi connectivity index (χ0n) is 20.8. The Hall–Kier alpha value is -4.02. The Labute approximate surface area is 214 Å². The normalized spacial score (nSPS) is 17.8. The number of aliphatic hydroxyl groups is 1. The van der Waals surface area contributed by atoms with Crippen LogP contribution in [0.2, 0.25) is 0 Å². The number of rotatable bonds is 6. The first-order chi connectivity index (χ1) is 18.0. The molecule has 0 bridgehead atoms. The van der Waals surface area contributed by atoms with Gasteiger partial charge >= 0.3 is 0 Å². The van der Waals surface area contributed by atoms with Crippen LogP contribution >= 0.6 is 0 Å². The van der Waals surface area contributed by atoms with Crippen LogP contribution in [0.25, 0.3) is 16.9 Å². The average Bonchev–Trinajstić information content (AvgIpc) is 3.41. The van der Waals surface area contributed by atoms with E-state index in [1.807, 2.05) is 24.3 Å². The highest BCUT2D eigenvalue weighted by molar-refractivity contribution is 5.77. The quantitative estimate of drug-likeness (QED) is 0.391. The van der Waals surface area contributed by atoms with Crippen molar-refractivity contribution in [1.29, 1.82) is 0 Å². The molecule has 1 atom stereocenters. The van der Waals surface area contributed by atoms with Crippen LogP contribution in [-0.2, 0) is 13.0 Å². The Kier molecular flexibility index (Phi) is 5.97. The number of hydrogen-bond acceptors (Lipinski definition) is 8. The first-order valence-corrected chi connectivity index (χ1v) is 12.6. The summed E-state index contributed by atoms with van der Waals surface area (Å²) in [6.07, 6.45) is 4.05. The number of likely N-dealkylation sites (N-methyl/N-ethyl adjacent to an activating group) is 1. The summed E-state index contributed by atoms with van der Waals surface area (Å²) in [5, 5.41) is 14.0. The molecule has 1 aliphatic carbocycles. The fourth-order valence-electron chi connectivity index (χ4n) is 5.10. The highest BCUT2D eigenvalue weighted by Gasteiger charge is 2.24. The zero-order chi connectivity index (χ0) is 25.5. The largest absolute Gasteiger partial charge is 0.387 e. The molecule has 2 aliphatic rings. The van der Waals surface area contributed by atoms with Crippen molar-refractivity contribution in [3.63, 3.8) is 0 Å². The van der Waals surface area contributed by atoms with Gasteiger partial charge in [-0.2, -0.15) is 4.98 Å². The van der Waals surface area contributed by atoms with E-state index in [1.54, 1.807) is 17.0 Å². The maximum atomic E-state index is 13.2. The molecule has 0 spiro atoms. The first kappa shape index (κ1) is 23.4. The van der Waals surface area contributed by atoms with Crippen LogP contribution in [-0.4, -0.2) is 67.5 Å². The monoisotopic (exact) mass is 498 g/mol. The molecule has 4 aromatic rings. The van der Waals surface area contributed by atoms with Gasteiger partial charge in [0.05, 0.1) is 18.3 Å². The fourth-order valence-corrected chi connectivity index (χ4v) is 5.10. The number of hydrogen-bond donors (Lipinski definition) is 2. The van der Waals surface area contributed by atoms with Crippen LogP contribution in [0.5, 0.6) is 0 Å². The van der Waals surface area contributed by atoms with Crippen LogP contribution in [0, 0.1) is 0 Å². The number of pyridine rings is 1. The molecule has 37 heavy (non-hydrogen) atoms. The maximum absolute atomic E-state index is 13.2. The zero-order valence-corrected chi connectivity index (χ0v) is 20.8.